The number of aliphatic imine (C=N–C) groups is 1. The van der Waals surface area contributed by atoms with Gasteiger partial charge in [0, 0.05) is 50.3 Å². The zero-order valence-corrected chi connectivity index (χ0v) is 20.4. The van der Waals surface area contributed by atoms with Gasteiger partial charge in [0.2, 0.25) is 0 Å². The number of methoxy groups -OCH3 is 1. The van der Waals surface area contributed by atoms with Crippen LogP contribution in [0.25, 0.3) is 0 Å². The summed E-state index contributed by atoms with van der Waals surface area (Å²) < 4.78 is 10.9. The quantitative estimate of drug-likeness (QED) is 0.317. The molecule has 1 atom stereocenters. The molecule has 9 heteroatoms. The molecule has 2 fully saturated rings. The van der Waals surface area contributed by atoms with Gasteiger partial charge in [0.1, 0.15) is 5.75 Å². The Balaban J connectivity index is 0.00000300. The van der Waals surface area contributed by atoms with Gasteiger partial charge in [0.25, 0.3) is 0 Å². The van der Waals surface area contributed by atoms with Crippen LogP contribution < -0.4 is 20.3 Å². The standard InChI is InChI=1S/C20H32ClN5O2.HI/c1-3-22-20(23-7-9-25-10-12-28-13-11-25)24-17-6-8-26(15-17)18-14-16(21)4-5-19(18)27-2;/h4-5,14,17H,3,6-13,15H2,1-2H3,(H2,22,23,24);1H. The molecule has 0 aromatic heterocycles. The maximum Gasteiger partial charge on any atom is 0.191 e. The maximum absolute atomic E-state index is 6.20. The van der Waals surface area contributed by atoms with Crippen molar-refractivity contribution in [3.63, 3.8) is 0 Å². The number of nitrogens with one attached hydrogen (secondary N) is 2. The number of hydrogen-bond acceptors (Lipinski definition) is 5. The summed E-state index contributed by atoms with van der Waals surface area (Å²) in [5.74, 6) is 1.75. The molecule has 3 rings (SSSR count). The average Bonchev–Trinajstić information content (AvgIpc) is 3.17. The van der Waals surface area contributed by atoms with E-state index in [0.29, 0.717) is 6.04 Å². The monoisotopic (exact) mass is 537 g/mol. The van der Waals surface area contributed by atoms with Crippen molar-refractivity contribution in [2.45, 2.75) is 19.4 Å². The van der Waals surface area contributed by atoms with Gasteiger partial charge < -0.3 is 25.0 Å². The van der Waals surface area contributed by atoms with Gasteiger partial charge in [-0.15, -0.1) is 24.0 Å². The smallest absolute Gasteiger partial charge is 0.191 e. The minimum absolute atomic E-state index is 0. The van der Waals surface area contributed by atoms with E-state index in [9.17, 15) is 0 Å². The Kier molecular flexibility index (Phi) is 10.6. The normalized spacial score (nSPS) is 20.3. The third kappa shape index (κ3) is 7.34. The Morgan fingerprint density at radius 1 is 1.31 bits per heavy atom. The maximum atomic E-state index is 6.20. The van der Waals surface area contributed by atoms with Gasteiger partial charge in [0.05, 0.1) is 32.6 Å². The van der Waals surface area contributed by atoms with Crippen LogP contribution in [-0.4, -0.2) is 83.0 Å². The Hall–Kier alpha value is -0.970. The van der Waals surface area contributed by atoms with Crippen molar-refractivity contribution in [2.24, 2.45) is 4.99 Å². The summed E-state index contributed by atoms with van der Waals surface area (Å²) in [7, 11) is 1.70. The molecule has 2 aliphatic heterocycles. The minimum atomic E-state index is 0. The molecule has 7 nitrogen and oxygen atoms in total. The number of halogens is 2. The SMILES string of the molecule is CCNC(=NCCN1CCOCC1)NC1CCN(c2cc(Cl)ccc2OC)C1.I. The van der Waals surface area contributed by atoms with Crippen LogP contribution in [0.4, 0.5) is 5.69 Å². The van der Waals surface area contributed by atoms with Gasteiger partial charge in [-0.05, 0) is 31.5 Å². The number of rotatable bonds is 7. The lowest BCUT2D eigenvalue weighted by molar-refractivity contribution is 0.0394. The fourth-order valence-corrected chi connectivity index (χ4v) is 3.81. The number of anilines is 1. The largest absolute Gasteiger partial charge is 0.495 e. The Morgan fingerprint density at radius 3 is 2.83 bits per heavy atom. The van der Waals surface area contributed by atoms with Crippen molar-refractivity contribution < 1.29 is 9.47 Å². The molecule has 2 N–H and O–H groups in total. The minimum Gasteiger partial charge on any atom is -0.495 e. The van der Waals surface area contributed by atoms with Crippen LogP contribution in [0, 0.1) is 0 Å². The molecule has 1 aromatic carbocycles. The fourth-order valence-electron chi connectivity index (χ4n) is 3.65. The Morgan fingerprint density at radius 2 is 2.10 bits per heavy atom. The summed E-state index contributed by atoms with van der Waals surface area (Å²) in [4.78, 5) is 9.49. The van der Waals surface area contributed by atoms with E-state index in [4.69, 9.17) is 26.1 Å². The first-order chi connectivity index (χ1) is 13.7. The van der Waals surface area contributed by atoms with Crippen molar-refractivity contribution in [3.05, 3.63) is 23.2 Å². The summed E-state index contributed by atoms with van der Waals surface area (Å²) in [5.41, 5.74) is 1.05. The number of guanidine groups is 1. The molecular formula is C20H33ClIN5O2. The van der Waals surface area contributed by atoms with Gasteiger partial charge in [-0.1, -0.05) is 11.6 Å². The zero-order chi connectivity index (χ0) is 19.8. The van der Waals surface area contributed by atoms with E-state index in [2.05, 4.69) is 27.4 Å². The van der Waals surface area contributed by atoms with Gasteiger partial charge in [0.15, 0.2) is 5.96 Å². The molecule has 0 bridgehead atoms. The van der Waals surface area contributed by atoms with Crippen molar-refractivity contribution in [1.29, 1.82) is 0 Å². The third-order valence-electron chi connectivity index (χ3n) is 5.14. The topological polar surface area (TPSA) is 61.4 Å². The summed E-state index contributed by atoms with van der Waals surface area (Å²) in [6, 6.07) is 6.10. The molecule has 2 aliphatic rings. The van der Waals surface area contributed by atoms with Crippen LogP contribution in [0.15, 0.2) is 23.2 Å². The summed E-state index contributed by atoms with van der Waals surface area (Å²) >= 11 is 6.20. The zero-order valence-electron chi connectivity index (χ0n) is 17.3. The molecule has 29 heavy (non-hydrogen) atoms. The molecule has 0 amide bonds. The second-order valence-electron chi connectivity index (χ2n) is 7.11. The number of hydrogen-bond donors (Lipinski definition) is 2. The number of morpholine rings is 1. The lowest BCUT2D eigenvalue weighted by Gasteiger charge is -2.26. The highest BCUT2D eigenvalue weighted by atomic mass is 127. The first-order valence-corrected chi connectivity index (χ1v) is 10.5. The van der Waals surface area contributed by atoms with E-state index in [1.807, 2.05) is 18.2 Å². The summed E-state index contributed by atoms with van der Waals surface area (Å²) in [6.07, 6.45) is 1.05. The van der Waals surface area contributed by atoms with Crippen molar-refractivity contribution in [1.82, 2.24) is 15.5 Å². The van der Waals surface area contributed by atoms with E-state index < -0.39 is 0 Å². The Labute approximate surface area is 196 Å². The van der Waals surface area contributed by atoms with Gasteiger partial charge in [-0.25, -0.2) is 0 Å². The van der Waals surface area contributed by atoms with Crippen molar-refractivity contribution >= 4 is 47.2 Å². The Bertz CT molecular complexity index is 658. The first kappa shape index (κ1) is 24.3. The van der Waals surface area contributed by atoms with E-state index in [0.717, 1.165) is 87.9 Å². The van der Waals surface area contributed by atoms with Gasteiger partial charge in [-0.3, -0.25) is 9.89 Å². The van der Waals surface area contributed by atoms with Crippen LogP contribution in [-0.2, 0) is 4.74 Å². The number of nitrogens with zero attached hydrogens (tertiary/aromatic N) is 3. The van der Waals surface area contributed by atoms with Crippen LogP contribution in [0.1, 0.15) is 13.3 Å². The molecular weight excluding hydrogens is 505 g/mol. The summed E-state index contributed by atoms with van der Waals surface area (Å²) in [5, 5.41) is 7.68. The number of benzene rings is 1. The van der Waals surface area contributed by atoms with Gasteiger partial charge >= 0.3 is 0 Å². The average molecular weight is 538 g/mol. The van der Waals surface area contributed by atoms with Crippen LogP contribution in [0.2, 0.25) is 5.02 Å². The lowest BCUT2D eigenvalue weighted by Crippen LogP contribution is -2.45. The van der Waals surface area contributed by atoms with E-state index >= 15 is 0 Å². The number of ether oxygens (including phenoxy) is 2. The molecule has 1 aromatic rings. The van der Waals surface area contributed by atoms with Crippen molar-refractivity contribution in [3.8, 4) is 5.75 Å². The van der Waals surface area contributed by atoms with E-state index in [1.165, 1.54) is 0 Å². The predicted molar refractivity (Wildman–Crippen MR) is 130 cm³/mol. The second kappa shape index (κ2) is 12.7. The van der Waals surface area contributed by atoms with Gasteiger partial charge in [-0.2, -0.15) is 0 Å². The molecule has 2 heterocycles. The lowest BCUT2D eigenvalue weighted by atomic mass is 10.2. The van der Waals surface area contributed by atoms with Crippen LogP contribution >= 0.6 is 35.6 Å². The predicted octanol–water partition coefficient (Wildman–Crippen LogP) is 2.43. The molecule has 1 unspecified atom stereocenters. The van der Waals surface area contributed by atoms with E-state index in [1.54, 1.807) is 7.11 Å². The molecule has 2 saturated heterocycles. The molecule has 0 aliphatic carbocycles. The van der Waals surface area contributed by atoms with E-state index in [-0.39, 0.29) is 24.0 Å². The molecule has 164 valence electrons. The third-order valence-corrected chi connectivity index (χ3v) is 5.38. The second-order valence-corrected chi connectivity index (χ2v) is 7.54. The molecule has 0 spiro atoms. The summed E-state index contributed by atoms with van der Waals surface area (Å²) in [6.45, 7) is 10.2. The van der Waals surface area contributed by atoms with Crippen molar-refractivity contribution in [2.75, 3.05) is 71.0 Å². The van der Waals surface area contributed by atoms with Crippen LogP contribution in [0.3, 0.4) is 0 Å². The molecule has 0 radical (unpaired) electrons. The first-order valence-electron chi connectivity index (χ1n) is 10.1. The fraction of sp³-hybridized carbons (Fsp3) is 0.650. The highest BCUT2D eigenvalue weighted by Crippen LogP contribution is 2.33. The molecule has 0 saturated carbocycles. The highest BCUT2D eigenvalue weighted by Gasteiger charge is 2.25. The van der Waals surface area contributed by atoms with Crippen LogP contribution in [0.5, 0.6) is 5.75 Å². The highest BCUT2D eigenvalue weighted by molar-refractivity contribution is 14.0.